The van der Waals surface area contributed by atoms with Crippen LogP contribution in [0.25, 0.3) is 22.5 Å². The number of carbonyl (C=O) groups is 3. The molecule has 0 aliphatic heterocycles. The number of amides is 3. The number of ether oxygens (including phenoxy) is 2. The van der Waals surface area contributed by atoms with Gasteiger partial charge in [-0.1, -0.05) is 11.6 Å². The second-order valence-corrected chi connectivity index (χ2v) is 13.6. The molecule has 12 nitrogen and oxygen atoms in total. The summed E-state index contributed by atoms with van der Waals surface area (Å²) in [5.74, 6) is 0.494. The summed E-state index contributed by atoms with van der Waals surface area (Å²) in [6.07, 6.45) is 0.922. The Labute approximate surface area is 276 Å². The van der Waals surface area contributed by atoms with E-state index in [4.69, 9.17) is 26.2 Å². The first-order valence-corrected chi connectivity index (χ1v) is 15.2. The lowest BCUT2D eigenvalue weighted by Gasteiger charge is -2.29. The van der Waals surface area contributed by atoms with Gasteiger partial charge in [0.1, 0.15) is 22.6 Å². The fourth-order valence-electron chi connectivity index (χ4n) is 5.25. The number of H-pyrrole nitrogens is 1. The number of halogens is 1. The van der Waals surface area contributed by atoms with Gasteiger partial charge in [0.05, 0.1) is 23.3 Å². The van der Waals surface area contributed by atoms with E-state index in [0.717, 1.165) is 10.5 Å². The third-order valence-corrected chi connectivity index (χ3v) is 7.44. The molecule has 4 aromatic rings. The van der Waals surface area contributed by atoms with Crippen molar-refractivity contribution in [3.63, 3.8) is 0 Å². The molecule has 2 aromatic heterocycles. The van der Waals surface area contributed by atoms with Crippen molar-refractivity contribution in [1.82, 2.24) is 15.0 Å². The first kappa shape index (κ1) is 33.4. The molecule has 13 heteroatoms. The third kappa shape index (κ3) is 7.39. The molecule has 0 bridgehead atoms. The second-order valence-electron chi connectivity index (χ2n) is 13.2. The summed E-state index contributed by atoms with van der Waals surface area (Å²) in [5.41, 5.74) is 0.708. The van der Waals surface area contributed by atoms with Gasteiger partial charge in [0.25, 0.3) is 0 Å². The number of nitrogens with one attached hydrogen (secondary N) is 2. The number of hydrogen-bond acceptors (Lipinski definition) is 8. The summed E-state index contributed by atoms with van der Waals surface area (Å²) in [5, 5.41) is 23.5. The molecule has 1 aliphatic carbocycles. The third-order valence-electron chi connectivity index (χ3n) is 7.21. The fraction of sp³-hybridized carbons (Fsp3) is 0.324. The SMILES string of the molecule is CC(C)(C)OC(=O)N(C(=O)OC(C)(C)C)c1ccc(Cl)cc1-c1cnc2c(c1)CCC2(O)c1cnc(-c2ccc(NC(=O)O)cc2)[nH]1. The molecule has 0 radical (unpaired) electrons. The highest BCUT2D eigenvalue weighted by Crippen LogP contribution is 2.43. The number of imidazole rings is 1. The number of carboxylic acid groups (broad SMARTS) is 1. The van der Waals surface area contributed by atoms with Gasteiger partial charge in [-0.25, -0.2) is 19.4 Å². The number of fused-ring (bicyclic) bond motifs is 1. The number of aromatic nitrogens is 3. The van der Waals surface area contributed by atoms with Crippen LogP contribution in [0.4, 0.5) is 25.8 Å². The van der Waals surface area contributed by atoms with Crippen LogP contribution in [-0.2, 0) is 21.5 Å². The molecule has 4 N–H and O–H groups in total. The Bertz CT molecular complexity index is 1810. The van der Waals surface area contributed by atoms with E-state index < -0.39 is 35.1 Å². The predicted octanol–water partition coefficient (Wildman–Crippen LogP) is 7.74. The number of benzene rings is 2. The number of pyridine rings is 1. The van der Waals surface area contributed by atoms with Crippen LogP contribution in [0.2, 0.25) is 5.02 Å². The molecule has 1 unspecified atom stereocenters. The molecule has 0 spiro atoms. The van der Waals surface area contributed by atoms with Gasteiger partial charge >= 0.3 is 18.3 Å². The summed E-state index contributed by atoms with van der Waals surface area (Å²) in [6.45, 7) is 10.2. The van der Waals surface area contributed by atoms with Crippen molar-refractivity contribution in [1.29, 1.82) is 0 Å². The molecule has 1 atom stereocenters. The first-order valence-electron chi connectivity index (χ1n) is 14.9. The van der Waals surface area contributed by atoms with Gasteiger partial charge in [-0.2, -0.15) is 4.90 Å². The van der Waals surface area contributed by atoms with Crippen molar-refractivity contribution in [2.75, 3.05) is 10.2 Å². The fourth-order valence-corrected chi connectivity index (χ4v) is 5.42. The Morgan fingerprint density at radius 3 is 2.15 bits per heavy atom. The number of imide groups is 1. The van der Waals surface area contributed by atoms with Gasteiger partial charge in [0, 0.05) is 33.6 Å². The number of hydrogen-bond donors (Lipinski definition) is 4. The molecule has 2 aromatic carbocycles. The summed E-state index contributed by atoms with van der Waals surface area (Å²) in [4.78, 5) is 50.9. The highest BCUT2D eigenvalue weighted by atomic mass is 35.5. The lowest BCUT2D eigenvalue weighted by Crippen LogP contribution is -2.44. The number of aromatic amines is 1. The topological polar surface area (TPSA) is 167 Å². The van der Waals surface area contributed by atoms with Crippen LogP contribution in [-0.4, -0.2) is 54.6 Å². The van der Waals surface area contributed by atoms with E-state index >= 15 is 0 Å². The van der Waals surface area contributed by atoms with Crippen LogP contribution in [0, 0.1) is 0 Å². The number of nitrogens with zero attached hydrogens (tertiary/aromatic N) is 3. The van der Waals surface area contributed by atoms with Crippen LogP contribution < -0.4 is 10.2 Å². The molecule has 246 valence electrons. The minimum absolute atomic E-state index is 0.190. The average Bonchev–Trinajstić information content (AvgIpc) is 3.58. The van der Waals surface area contributed by atoms with Crippen molar-refractivity contribution in [2.45, 2.75) is 71.2 Å². The number of aryl methyl sites for hydroxylation is 1. The number of anilines is 2. The van der Waals surface area contributed by atoms with E-state index in [0.29, 0.717) is 57.5 Å². The first-order chi connectivity index (χ1) is 21.9. The maximum Gasteiger partial charge on any atom is 0.424 e. The normalized spacial score (nSPS) is 15.9. The van der Waals surface area contributed by atoms with Gasteiger partial charge < -0.3 is 24.7 Å². The van der Waals surface area contributed by atoms with Crippen LogP contribution in [0.15, 0.2) is 60.9 Å². The molecular formula is C34H36ClN5O7. The molecule has 3 amide bonds. The largest absolute Gasteiger partial charge is 0.465 e. The minimum Gasteiger partial charge on any atom is -0.465 e. The van der Waals surface area contributed by atoms with Gasteiger partial charge in [-0.3, -0.25) is 10.3 Å². The van der Waals surface area contributed by atoms with Gasteiger partial charge in [-0.05, 0) is 108 Å². The van der Waals surface area contributed by atoms with Crippen LogP contribution in [0.1, 0.15) is 64.9 Å². The number of aliphatic hydroxyl groups is 1. The molecule has 1 aliphatic rings. The van der Waals surface area contributed by atoms with Crippen molar-refractivity contribution < 1.29 is 34.1 Å². The molecule has 0 fully saturated rings. The van der Waals surface area contributed by atoms with E-state index in [9.17, 15) is 19.5 Å². The molecule has 0 saturated carbocycles. The smallest absolute Gasteiger partial charge is 0.424 e. The lowest BCUT2D eigenvalue weighted by molar-refractivity contribution is 0.0430. The highest BCUT2D eigenvalue weighted by molar-refractivity contribution is 6.31. The van der Waals surface area contributed by atoms with Gasteiger partial charge in [0.15, 0.2) is 0 Å². The van der Waals surface area contributed by atoms with E-state index in [1.165, 1.54) is 0 Å². The van der Waals surface area contributed by atoms with E-state index in [1.807, 2.05) is 6.07 Å². The Morgan fingerprint density at radius 1 is 0.915 bits per heavy atom. The van der Waals surface area contributed by atoms with E-state index in [2.05, 4.69) is 20.3 Å². The Hall–Kier alpha value is -4.94. The summed E-state index contributed by atoms with van der Waals surface area (Å²) in [7, 11) is 0. The quantitative estimate of drug-likeness (QED) is 0.167. The lowest BCUT2D eigenvalue weighted by atomic mass is 9.96. The Kier molecular flexibility index (Phi) is 8.78. The summed E-state index contributed by atoms with van der Waals surface area (Å²) in [6, 6.07) is 13.2. The van der Waals surface area contributed by atoms with Crippen molar-refractivity contribution in [3.8, 4) is 22.5 Å². The maximum atomic E-state index is 13.4. The Balaban J connectivity index is 1.50. The van der Waals surface area contributed by atoms with E-state index in [1.54, 1.807) is 96.4 Å². The Morgan fingerprint density at radius 2 is 1.55 bits per heavy atom. The number of carbonyl (C=O) groups excluding carboxylic acids is 2. The zero-order valence-corrected chi connectivity index (χ0v) is 27.6. The van der Waals surface area contributed by atoms with Gasteiger partial charge in [0.2, 0.25) is 0 Å². The monoisotopic (exact) mass is 661 g/mol. The minimum atomic E-state index is -1.46. The molecule has 2 heterocycles. The van der Waals surface area contributed by atoms with Crippen molar-refractivity contribution >= 4 is 41.3 Å². The van der Waals surface area contributed by atoms with Crippen LogP contribution >= 0.6 is 11.6 Å². The maximum absolute atomic E-state index is 13.4. The predicted molar refractivity (Wildman–Crippen MR) is 177 cm³/mol. The molecule has 5 rings (SSSR count). The molecular weight excluding hydrogens is 626 g/mol. The standard InChI is InChI=1S/C34H36ClN5O7/c1-32(2,3)46-30(43)40(31(44)47-33(4,5)6)25-12-9-22(35)16-24(25)21-15-20-13-14-34(45,27(20)36-17-21)26-18-37-28(39-26)19-7-10-23(11-8-19)38-29(41)42/h7-12,15-18,38,45H,13-14H2,1-6H3,(H,37,39)(H,41,42). The summed E-state index contributed by atoms with van der Waals surface area (Å²) < 4.78 is 11.2. The van der Waals surface area contributed by atoms with E-state index in [-0.39, 0.29) is 5.69 Å². The van der Waals surface area contributed by atoms with Crippen molar-refractivity contribution in [3.05, 3.63) is 82.9 Å². The zero-order chi connectivity index (χ0) is 34.3. The highest BCUT2D eigenvalue weighted by Gasteiger charge is 2.42. The second kappa shape index (κ2) is 12.3. The molecule has 0 saturated heterocycles. The van der Waals surface area contributed by atoms with Crippen molar-refractivity contribution in [2.24, 2.45) is 0 Å². The van der Waals surface area contributed by atoms with Crippen LogP contribution in [0.3, 0.4) is 0 Å². The summed E-state index contributed by atoms with van der Waals surface area (Å²) >= 11 is 6.42. The molecule has 47 heavy (non-hydrogen) atoms. The van der Waals surface area contributed by atoms with Gasteiger partial charge in [-0.15, -0.1) is 0 Å². The number of rotatable bonds is 5. The zero-order valence-electron chi connectivity index (χ0n) is 26.8. The van der Waals surface area contributed by atoms with Crippen LogP contribution in [0.5, 0.6) is 0 Å². The average molecular weight is 662 g/mol.